The van der Waals surface area contributed by atoms with Crippen molar-refractivity contribution in [2.24, 2.45) is 0 Å². The third-order valence-corrected chi connectivity index (χ3v) is 2.48. The normalized spacial score (nSPS) is 10.2. The van der Waals surface area contributed by atoms with Gasteiger partial charge in [-0.1, -0.05) is 11.2 Å². The van der Waals surface area contributed by atoms with Gasteiger partial charge >= 0.3 is 5.97 Å². The van der Waals surface area contributed by atoms with Gasteiger partial charge in [-0.2, -0.15) is 0 Å². The third-order valence-electron chi connectivity index (χ3n) is 2.48. The highest BCUT2D eigenvalue weighted by Crippen LogP contribution is 2.21. The van der Waals surface area contributed by atoms with Crippen molar-refractivity contribution in [3.05, 3.63) is 47.1 Å². The minimum Gasteiger partial charge on any atom is -0.478 e. The maximum atomic E-state index is 13.6. The Morgan fingerprint density at radius 2 is 2.11 bits per heavy atom. The number of carboxylic acid groups (broad SMARTS) is 1. The fourth-order valence-electron chi connectivity index (χ4n) is 1.53. The lowest BCUT2D eigenvalue weighted by molar-refractivity contribution is 0.0697. The number of hydrogen-bond donors (Lipinski definition) is 2. The molecule has 1 heterocycles. The van der Waals surface area contributed by atoms with E-state index >= 15 is 0 Å². The number of benzene rings is 1. The average Bonchev–Trinajstić information content (AvgIpc) is 2.77. The molecule has 6 nitrogen and oxygen atoms in total. The second-order valence-corrected chi connectivity index (χ2v) is 3.72. The molecule has 0 bridgehead atoms. The van der Waals surface area contributed by atoms with Crippen LogP contribution in [-0.4, -0.2) is 22.1 Å². The molecule has 0 unspecified atom stereocenters. The summed E-state index contributed by atoms with van der Waals surface area (Å²) in [6.45, 7) is 1.52. The molecule has 0 saturated heterocycles. The van der Waals surface area contributed by atoms with Crippen LogP contribution in [0.15, 0.2) is 28.9 Å². The molecule has 7 heteroatoms. The largest absolute Gasteiger partial charge is 0.478 e. The Labute approximate surface area is 106 Å². The molecule has 0 spiro atoms. The number of nitrogens with one attached hydrogen (secondary N) is 1. The van der Waals surface area contributed by atoms with Crippen molar-refractivity contribution in [3.8, 4) is 0 Å². The average molecular weight is 264 g/mol. The zero-order valence-corrected chi connectivity index (χ0v) is 9.81. The van der Waals surface area contributed by atoms with Crippen LogP contribution in [0.25, 0.3) is 0 Å². The molecule has 0 fully saturated rings. The van der Waals surface area contributed by atoms with Crippen LogP contribution in [0.5, 0.6) is 0 Å². The summed E-state index contributed by atoms with van der Waals surface area (Å²) in [4.78, 5) is 22.8. The van der Waals surface area contributed by atoms with Crippen LogP contribution in [-0.2, 0) is 0 Å². The summed E-state index contributed by atoms with van der Waals surface area (Å²) < 4.78 is 18.3. The van der Waals surface area contributed by atoms with Crippen molar-refractivity contribution < 1.29 is 23.6 Å². The number of hydrogen-bond acceptors (Lipinski definition) is 4. The zero-order valence-electron chi connectivity index (χ0n) is 9.81. The topological polar surface area (TPSA) is 92.4 Å². The summed E-state index contributed by atoms with van der Waals surface area (Å²) in [6.07, 6.45) is 1.17. The first-order valence-corrected chi connectivity index (χ1v) is 5.25. The molecule has 1 aromatic carbocycles. The van der Waals surface area contributed by atoms with Gasteiger partial charge in [0.1, 0.15) is 17.1 Å². The number of aryl methyl sites for hydroxylation is 1. The minimum atomic E-state index is -1.34. The number of aromatic carboxylic acids is 1. The SMILES string of the molecule is Cc1oncc1C(=O)Nc1c(F)cccc1C(=O)O. The van der Waals surface area contributed by atoms with E-state index in [2.05, 4.69) is 10.5 Å². The van der Waals surface area contributed by atoms with Crippen molar-refractivity contribution in [2.75, 3.05) is 5.32 Å². The maximum Gasteiger partial charge on any atom is 0.337 e. The number of carbonyl (C=O) groups excluding carboxylic acids is 1. The van der Waals surface area contributed by atoms with Gasteiger partial charge in [0.25, 0.3) is 5.91 Å². The quantitative estimate of drug-likeness (QED) is 0.885. The molecule has 0 saturated carbocycles. The monoisotopic (exact) mass is 264 g/mol. The van der Waals surface area contributed by atoms with E-state index in [-0.39, 0.29) is 22.6 Å². The number of rotatable bonds is 3. The van der Waals surface area contributed by atoms with Gasteiger partial charge in [-0.25, -0.2) is 9.18 Å². The van der Waals surface area contributed by atoms with E-state index in [1.165, 1.54) is 25.3 Å². The van der Waals surface area contributed by atoms with E-state index in [4.69, 9.17) is 9.63 Å². The standard InChI is InChI=1S/C12H9FN2O4/c1-6-8(5-14-19-6)11(16)15-10-7(12(17)18)3-2-4-9(10)13/h2-5H,1H3,(H,15,16)(H,17,18). The molecule has 2 rings (SSSR count). The molecule has 0 aliphatic rings. The van der Waals surface area contributed by atoms with Gasteiger partial charge in [0, 0.05) is 0 Å². The van der Waals surface area contributed by atoms with Gasteiger partial charge in [-0.05, 0) is 19.1 Å². The van der Waals surface area contributed by atoms with E-state index in [0.717, 1.165) is 6.07 Å². The summed E-state index contributed by atoms with van der Waals surface area (Å²) in [5.41, 5.74) is -0.609. The Morgan fingerprint density at radius 1 is 1.37 bits per heavy atom. The summed E-state index contributed by atoms with van der Waals surface area (Å²) in [7, 11) is 0. The van der Waals surface area contributed by atoms with Crippen LogP contribution in [0.4, 0.5) is 10.1 Å². The number of carboxylic acids is 1. The van der Waals surface area contributed by atoms with Crippen LogP contribution < -0.4 is 5.32 Å². The zero-order chi connectivity index (χ0) is 14.0. The van der Waals surface area contributed by atoms with E-state index in [9.17, 15) is 14.0 Å². The van der Waals surface area contributed by atoms with Crippen molar-refractivity contribution >= 4 is 17.6 Å². The minimum absolute atomic E-state index is 0.111. The Balaban J connectivity index is 2.36. The van der Waals surface area contributed by atoms with Crippen LogP contribution >= 0.6 is 0 Å². The highest BCUT2D eigenvalue weighted by molar-refractivity contribution is 6.08. The molecule has 0 aliphatic heterocycles. The molecule has 0 atom stereocenters. The van der Waals surface area contributed by atoms with Gasteiger partial charge in [-0.15, -0.1) is 0 Å². The van der Waals surface area contributed by atoms with E-state index in [0.29, 0.717) is 0 Å². The Morgan fingerprint density at radius 3 is 2.68 bits per heavy atom. The first-order valence-electron chi connectivity index (χ1n) is 5.25. The molecule has 1 amide bonds. The third kappa shape index (κ3) is 2.44. The molecular weight excluding hydrogens is 255 g/mol. The predicted molar refractivity (Wildman–Crippen MR) is 62.6 cm³/mol. The van der Waals surface area contributed by atoms with Crippen LogP contribution in [0, 0.1) is 12.7 Å². The second kappa shape index (κ2) is 4.89. The molecule has 0 aliphatic carbocycles. The van der Waals surface area contributed by atoms with E-state index < -0.39 is 17.7 Å². The fourth-order valence-corrected chi connectivity index (χ4v) is 1.53. The van der Waals surface area contributed by atoms with Crippen molar-refractivity contribution in [1.29, 1.82) is 0 Å². The van der Waals surface area contributed by atoms with Crippen LogP contribution in [0.1, 0.15) is 26.5 Å². The van der Waals surface area contributed by atoms with Gasteiger partial charge < -0.3 is 14.9 Å². The molecule has 2 N–H and O–H groups in total. The summed E-state index contributed by atoms with van der Waals surface area (Å²) in [5.74, 6) is -2.60. The number of para-hydroxylation sites is 1. The number of amides is 1. The Bertz CT molecular complexity index is 651. The highest BCUT2D eigenvalue weighted by Gasteiger charge is 2.19. The lowest BCUT2D eigenvalue weighted by Gasteiger charge is -2.08. The predicted octanol–water partition coefficient (Wildman–Crippen LogP) is 2.07. The van der Waals surface area contributed by atoms with Gasteiger partial charge in [0.2, 0.25) is 0 Å². The Kier molecular flexibility index (Phi) is 3.28. The first-order chi connectivity index (χ1) is 9.00. The second-order valence-electron chi connectivity index (χ2n) is 3.72. The van der Waals surface area contributed by atoms with Crippen LogP contribution in [0.2, 0.25) is 0 Å². The maximum absolute atomic E-state index is 13.6. The van der Waals surface area contributed by atoms with Gasteiger partial charge in [0.05, 0.1) is 17.4 Å². The van der Waals surface area contributed by atoms with Crippen LogP contribution in [0.3, 0.4) is 0 Å². The number of carbonyl (C=O) groups is 2. The van der Waals surface area contributed by atoms with E-state index in [1.807, 2.05) is 0 Å². The molecule has 1 aromatic heterocycles. The molecule has 0 radical (unpaired) electrons. The summed E-state index contributed by atoms with van der Waals surface area (Å²) >= 11 is 0. The number of anilines is 1. The lowest BCUT2D eigenvalue weighted by atomic mass is 10.1. The van der Waals surface area contributed by atoms with Gasteiger partial charge in [0.15, 0.2) is 0 Å². The highest BCUT2D eigenvalue weighted by atomic mass is 19.1. The smallest absolute Gasteiger partial charge is 0.337 e. The number of halogens is 1. The Hall–Kier alpha value is -2.70. The van der Waals surface area contributed by atoms with Crippen molar-refractivity contribution in [1.82, 2.24) is 5.16 Å². The van der Waals surface area contributed by atoms with Crippen molar-refractivity contribution in [2.45, 2.75) is 6.92 Å². The van der Waals surface area contributed by atoms with E-state index in [1.54, 1.807) is 0 Å². The molecule has 19 heavy (non-hydrogen) atoms. The van der Waals surface area contributed by atoms with Gasteiger partial charge in [-0.3, -0.25) is 4.79 Å². The molecule has 98 valence electrons. The fraction of sp³-hybridized carbons (Fsp3) is 0.0833. The molecular formula is C12H9FN2O4. The van der Waals surface area contributed by atoms with Crippen molar-refractivity contribution in [3.63, 3.8) is 0 Å². The summed E-state index contributed by atoms with van der Waals surface area (Å²) in [6, 6.07) is 3.50. The summed E-state index contributed by atoms with van der Waals surface area (Å²) in [5, 5.41) is 14.6. The molecule has 2 aromatic rings. The number of nitrogens with zero attached hydrogens (tertiary/aromatic N) is 1. The lowest BCUT2D eigenvalue weighted by Crippen LogP contribution is -2.16. The first kappa shape index (κ1) is 12.7. The number of aromatic nitrogens is 1.